The normalized spacial score (nSPS) is 13.6. The Kier molecular flexibility index (Phi) is 4.99. The summed E-state index contributed by atoms with van der Waals surface area (Å²) in [7, 11) is 0. The predicted molar refractivity (Wildman–Crippen MR) is 71.7 cm³/mol. The van der Waals surface area contributed by atoms with Crippen molar-refractivity contribution in [2.24, 2.45) is 0 Å². The molecule has 1 aromatic carbocycles. The van der Waals surface area contributed by atoms with Gasteiger partial charge in [0.2, 0.25) is 0 Å². The summed E-state index contributed by atoms with van der Waals surface area (Å²) in [6.07, 6.45) is 1.34. The number of hydrogen-bond acceptors (Lipinski definition) is 4. The number of aromatic hydroxyl groups is 2. The Morgan fingerprint density at radius 3 is 2.22 bits per heavy atom. The topological polar surface area (TPSA) is 72.7 Å². The van der Waals surface area contributed by atoms with Crippen LogP contribution in [0.5, 0.6) is 11.5 Å². The molecule has 0 aromatic heterocycles. The molecule has 102 valence electrons. The zero-order valence-electron chi connectivity index (χ0n) is 11.3. The molecule has 1 rings (SSSR count). The highest BCUT2D eigenvalue weighted by atomic mass is 16.3. The Balaban J connectivity index is 2.62. The molecule has 1 atom stereocenters. The van der Waals surface area contributed by atoms with Crippen molar-refractivity contribution in [1.82, 2.24) is 5.32 Å². The minimum absolute atomic E-state index is 0.0331. The molecule has 18 heavy (non-hydrogen) atoms. The number of rotatable bonds is 6. The van der Waals surface area contributed by atoms with Gasteiger partial charge >= 0.3 is 0 Å². The van der Waals surface area contributed by atoms with E-state index in [2.05, 4.69) is 26.1 Å². The molecule has 4 N–H and O–H groups in total. The van der Waals surface area contributed by atoms with Gasteiger partial charge in [-0.25, -0.2) is 0 Å². The zero-order chi connectivity index (χ0) is 13.8. The van der Waals surface area contributed by atoms with Crippen LogP contribution in [0.3, 0.4) is 0 Å². The van der Waals surface area contributed by atoms with E-state index in [4.69, 9.17) is 0 Å². The molecule has 4 heteroatoms. The van der Waals surface area contributed by atoms with Crippen molar-refractivity contribution in [3.05, 3.63) is 23.8 Å². The lowest BCUT2D eigenvalue weighted by molar-refractivity contribution is 0.158. The minimum atomic E-state index is -0.751. The largest absolute Gasteiger partial charge is 0.508 e. The molecule has 1 unspecified atom stereocenters. The monoisotopic (exact) mass is 253 g/mol. The Hall–Kier alpha value is -1.26. The quantitative estimate of drug-likeness (QED) is 0.627. The van der Waals surface area contributed by atoms with Gasteiger partial charge in [-0.15, -0.1) is 0 Å². The molecule has 0 amide bonds. The van der Waals surface area contributed by atoms with Gasteiger partial charge in [0.05, 0.1) is 6.10 Å². The average Bonchev–Trinajstić information content (AvgIpc) is 2.24. The van der Waals surface area contributed by atoms with E-state index in [0.717, 1.165) is 12.8 Å². The third kappa shape index (κ3) is 4.55. The predicted octanol–water partition coefficient (Wildman–Crippen LogP) is 2.30. The minimum Gasteiger partial charge on any atom is -0.508 e. The molecular formula is C14H23NO3. The van der Waals surface area contributed by atoms with E-state index in [0.29, 0.717) is 12.1 Å². The van der Waals surface area contributed by atoms with Gasteiger partial charge in [-0.1, -0.05) is 13.3 Å². The standard InChI is InChI=1S/C14H23NO3/c1-4-5-14(2,3)15-9-13(18)10-6-11(16)8-12(17)7-10/h6-8,13,15-18H,4-5,9H2,1-3H3. The van der Waals surface area contributed by atoms with Gasteiger partial charge in [-0.3, -0.25) is 0 Å². The molecule has 0 spiro atoms. The highest BCUT2D eigenvalue weighted by Crippen LogP contribution is 2.25. The highest BCUT2D eigenvalue weighted by molar-refractivity contribution is 5.37. The first kappa shape index (κ1) is 14.8. The fraction of sp³-hybridized carbons (Fsp3) is 0.571. The van der Waals surface area contributed by atoms with Crippen LogP contribution in [0.25, 0.3) is 0 Å². The van der Waals surface area contributed by atoms with Crippen LogP contribution < -0.4 is 5.32 Å². The van der Waals surface area contributed by atoms with Crippen molar-refractivity contribution in [3.8, 4) is 11.5 Å². The van der Waals surface area contributed by atoms with Crippen LogP contribution in [0.2, 0.25) is 0 Å². The molecule has 4 nitrogen and oxygen atoms in total. The van der Waals surface area contributed by atoms with Crippen LogP contribution in [0.1, 0.15) is 45.3 Å². The lowest BCUT2D eigenvalue weighted by Crippen LogP contribution is -2.41. The summed E-state index contributed by atoms with van der Waals surface area (Å²) in [6.45, 7) is 6.68. The Morgan fingerprint density at radius 1 is 1.17 bits per heavy atom. The van der Waals surface area contributed by atoms with Crippen LogP contribution >= 0.6 is 0 Å². The Morgan fingerprint density at radius 2 is 1.72 bits per heavy atom. The summed E-state index contributed by atoms with van der Waals surface area (Å²) in [5.41, 5.74) is 0.474. The summed E-state index contributed by atoms with van der Waals surface area (Å²) in [6, 6.07) is 4.16. The highest BCUT2D eigenvalue weighted by Gasteiger charge is 2.18. The molecule has 0 aliphatic rings. The SMILES string of the molecule is CCCC(C)(C)NCC(O)c1cc(O)cc(O)c1. The van der Waals surface area contributed by atoms with E-state index in [1.807, 2.05) is 0 Å². The maximum absolute atomic E-state index is 10.0. The fourth-order valence-electron chi connectivity index (χ4n) is 2.01. The number of benzene rings is 1. The third-order valence-corrected chi connectivity index (χ3v) is 2.96. The summed E-state index contributed by atoms with van der Waals surface area (Å²) < 4.78 is 0. The summed E-state index contributed by atoms with van der Waals surface area (Å²) in [4.78, 5) is 0. The lowest BCUT2D eigenvalue weighted by atomic mass is 9.98. The molecule has 0 saturated carbocycles. The van der Waals surface area contributed by atoms with E-state index in [1.165, 1.54) is 18.2 Å². The number of aliphatic hydroxyl groups excluding tert-OH is 1. The summed E-state index contributed by atoms with van der Waals surface area (Å²) >= 11 is 0. The number of hydrogen-bond donors (Lipinski definition) is 4. The number of phenolic OH excluding ortho intramolecular Hbond substituents is 2. The zero-order valence-corrected chi connectivity index (χ0v) is 11.3. The maximum Gasteiger partial charge on any atom is 0.119 e. The van der Waals surface area contributed by atoms with E-state index >= 15 is 0 Å². The van der Waals surface area contributed by atoms with Crippen molar-refractivity contribution < 1.29 is 15.3 Å². The van der Waals surface area contributed by atoms with Crippen molar-refractivity contribution in [1.29, 1.82) is 0 Å². The Labute approximate surface area is 108 Å². The molecule has 0 aliphatic heterocycles. The fourth-order valence-corrected chi connectivity index (χ4v) is 2.01. The molecule has 0 bridgehead atoms. The molecule has 0 radical (unpaired) electrons. The van der Waals surface area contributed by atoms with Gasteiger partial charge in [0.25, 0.3) is 0 Å². The van der Waals surface area contributed by atoms with E-state index < -0.39 is 6.10 Å². The van der Waals surface area contributed by atoms with Gasteiger partial charge in [-0.2, -0.15) is 0 Å². The van der Waals surface area contributed by atoms with Gasteiger partial charge < -0.3 is 20.6 Å². The van der Waals surface area contributed by atoms with Crippen molar-refractivity contribution >= 4 is 0 Å². The summed E-state index contributed by atoms with van der Waals surface area (Å²) in [5.74, 6) is -0.0891. The number of aliphatic hydroxyl groups is 1. The first-order chi connectivity index (χ1) is 8.34. The average molecular weight is 253 g/mol. The smallest absolute Gasteiger partial charge is 0.119 e. The van der Waals surface area contributed by atoms with Crippen molar-refractivity contribution in [2.75, 3.05) is 6.54 Å². The second-order valence-corrected chi connectivity index (χ2v) is 5.31. The van der Waals surface area contributed by atoms with Gasteiger partial charge in [0, 0.05) is 18.2 Å². The van der Waals surface area contributed by atoms with Crippen molar-refractivity contribution in [2.45, 2.75) is 45.3 Å². The van der Waals surface area contributed by atoms with E-state index in [9.17, 15) is 15.3 Å². The number of phenols is 2. The molecule has 1 aromatic rings. The van der Waals surface area contributed by atoms with Crippen LogP contribution in [0.4, 0.5) is 0 Å². The number of β-amino-alcohol motifs (C(OH)–C–C–N with tert-alkyl or cyclic N) is 1. The second-order valence-electron chi connectivity index (χ2n) is 5.31. The van der Waals surface area contributed by atoms with E-state index in [1.54, 1.807) is 0 Å². The van der Waals surface area contributed by atoms with Gasteiger partial charge in [-0.05, 0) is 38.0 Å². The summed E-state index contributed by atoms with van der Waals surface area (Å²) in [5, 5.41) is 32.0. The molecular weight excluding hydrogens is 230 g/mol. The molecule has 0 heterocycles. The third-order valence-electron chi connectivity index (χ3n) is 2.96. The van der Waals surface area contributed by atoms with Crippen LogP contribution in [-0.4, -0.2) is 27.4 Å². The van der Waals surface area contributed by atoms with Gasteiger partial charge in [0.15, 0.2) is 0 Å². The first-order valence-electron chi connectivity index (χ1n) is 6.30. The van der Waals surface area contributed by atoms with Crippen LogP contribution in [0.15, 0.2) is 18.2 Å². The molecule has 0 saturated heterocycles. The number of nitrogens with one attached hydrogen (secondary N) is 1. The second kappa shape index (κ2) is 6.07. The first-order valence-corrected chi connectivity index (χ1v) is 6.30. The maximum atomic E-state index is 10.0. The van der Waals surface area contributed by atoms with Crippen molar-refractivity contribution in [3.63, 3.8) is 0 Å². The lowest BCUT2D eigenvalue weighted by Gasteiger charge is -2.27. The Bertz CT molecular complexity index is 370. The molecule has 0 aliphatic carbocycles. The van der Waals surface area contributed by atoms with Crippen LogP contribution in [0, 0.1) is 0 Å². The van der Waals surface area contributed by atoms with Gasteiger partial charge in [0.1, 0.15) is 11.5 Å². The van der Waals surface area contributed by atoms with Crippen LogP contribution in [-0.2, 0) is 0 Å². The van der Waals surface area contributed by atoms with E-state index in [-0.39, 0.29) is 17.0 Å². The molecule has 0 fully saturated rings.